The molecular formula is C16H26N2O2. The van der Waals surface area contributed by atoms with Crippen LogP contribution in [0.25, 0.3) is 0 Å². The molecule has 0 saturated carbocycles. The van der Waals surface area contributed by atoms with Crippen molar-refractivity contribution >= 4 is 0 Å². The molecule has 0 unspecified atom stereocenters. The quantitative estimate of drug-likeness (QED) is 0.741. The second-order valence-corrected chi connectivity index (χ2v) is 5.62. The third-order valence-corrected chi connectivity index (χ3v) is 3.90. The summed E-state index contributed by atoms with van der Waals surface area (Å²) in [5.41, 5.74) is 9.58. The smallest absolute Gasteiger partial charge is 0.0773 e. The van der Waals surface area contributed by atoms with Crippen molar-refractivity contribution in [3.63, 3.8) is 0 Å². The van der Waals surface area contributed by atoms with Crippen molar-refractivity contribution in [3.8, 4) is 0 Å². The van der Waals surface area contributed by atoms with Gasteiger partial charge in [-0.3, -0.25) is 0 Å². The molecule has 0 aliphatic heterocycles. The lowest BCUT2D eigenvalue weighted by Gasteiger charge is -2.17. The fourth-order valence-corrected chi connectivity index (χ4v) is 2.77. The zero-order chi connectivity index (χ0) is 14.5. The van der Waals surface area contributed by atoms with Gasteiger partial charge < -0.3 is 20.5 Å². The molecule has 0 fully saturated rings. The lowest BCUT2D eigenvalue weighted by Crippen LogP contribution is -2.22. The van der Waals surface area contributed by atoms with Crippen molar-refractivity contribution in [1.82, 2.24) is 4.90 Å². The molecule has 4 nitrogen and oxygen atoms in total. The highest BCUT2D eigenvalue weighted by molar-refractivity contribution is 5.39. The maximum absolute atomic E-state index is 9.81. The van der Waals surface area contributed by atoms with Crippen LogP contribution >= 0.6 is 0 Å². The van der Waals surface area contributed by atoms with E-state index < -0.39 is 6.10 Å². The number of benzene rings is 1. The normalized spacial score (nSPS) is 21.4. The van der Waals surface area contributed by atoms with Crippen LogP contribution in [0.2, 0.25) is 0 Å². The first kappa shape index (κ1) is 15.4. The van der Waals surface area contributed by atoms with E-state index in [2.05, 4.69) is 30.1 Å². The molecule has 0 bridgehead atoms. The molecule has 0 radical (unpaired) electrons. The predicted octanol–water partition coefficient (Wildman–Crippen LogP) is 1.46. The van der Waals surface area contributed by atoms with Gasteiger partial charge in [0.15, 0.2) is 0 Å². The van der Waals surface area contributed by atoms with E-state index in [1.165, 1.54) is 11.1 Å². The number of hydrogen-bond acceptors (Lipinski definition) is 4. The summed E-state index contributed by atoms with van der Waals surface area (Å²) in [6, 6.07) is 6.17. The molecule has 0 aromatic heterocycles. The van der Waals surface area contributed by atoms with Crippen LogP contribution in [0.1, 0.15) is 36.1 Å². The summed E-state index contributed by atoms with van der Waals surface area (Å²) >= 11 is 0. The Hall–Kier alpha value is -0.940. The molecule has 1 aliphatic carbocycles. The standard InChI is InChI=1S/C16H26N2O2/c1-3-20-8-4-7-18(2)11-12-5-6-13-10-15(19)16(17)14(13)9-12/h5-6,9,15-16,19H,3-4,7-8,10-11,17H2,1-2H3/t15-,16-/m1/s1. The first-order chi connectivity index (χ1) is 9.61. The van der Waals surface area contributed by atoms with Crippen LogP contribution in [0.3, 0.4) is 0 Å². The average molecular weight is 278 g/mol. The van der Waals surface area contributed by atoms with Gasteiger partial charge in [-0.2, -0.15) is 0 Å². The van der Waals surface area contributed by atoms with Crippen molar-refractivity contribution in [1.29, 1.82) is 0 Å². The van der Waals surface area contributed by atoms with Gasteiger partial charge in [0.05, 0.1) is 12.1 Å². The molecule has 0 amide bonds. The number of nitrogens with two attached hydrogens (primary N) is 1. The third kappa shape index (κ3) is 3.79. The van der Waals surface area contributed by atoms with Crippen LogP contribution in [0.4, 0.5) is 0 Å². The number of aliphatic hydroxyl groups excluding tert-OH is 1. The highest BCUT2D eigenvalue weighted by Gasteiger charge is 2.27. The molecule has 0 spiro atoms. The minimum atomic E-state index is -0.427. The Balaban J connectivity index is 1.88. The molecule has 4 heteroatoms. The number of nitrogens with zero attached hydrogens (tertiary/aromatic N) is 1. The molecule has 0 saturated heterocycles. The van der Waals surface area contributed by atoms with Gasteiger partial charge in [0.2, 0.25) is 0 Å². The van der Waals surface area contributed by atoms with Gasteiger partial charge in [-0.05, 0) is 37.1 Å². The van der Waals surface area contributed by atoms with E-state index in [4.69, 9.17) is 10.5 Å². The van der Waals surface area contributed by atoms with Crippen molar-refractivity contribution in [3.05, 3.63) is 34.9 Å². The summed E-state index contributed by atoms with van der Waals surface area (Å²) in [5, 5.41) is 9.81. The fraction of sp³-hybridized carbons (Fsp3) is 0.625. The average Bonchev–Trinajstić information content (AvgIpc) is 2.71. The third-order valence-electron chi connectivity index (χ3n) is 3.90. The first-order valence-electron chi connectivity index (χ1n) is 7.43. The maximum Gasteiger partial charge on any atom is 0.0773 e. The van der Waals surface area contributed by atoms with Crippen molar-refractivity contribution in [2.24, 2.45) is 5.73 Å². The molecule has 1 aromatic rings. The van der Waals surface area contributed by atoms with E-state index in [0.29, 0.717) is 6.42 Å². The number of aliphatic hydroxyl groups is 1. The van der Waals surface area contributed by atoms with E-state index in [0.717, 1.165) is 38.3 Å². The van der Waals surface area contributed by atoms with E-state index >= 15 is 0 Å². The van der Waals surface area contributed by atoms with Gasteiger partial charge >= 0.3 is 0 Å². The highest BCUT2D eigenvalue weighted by Crippen LogP contribution is 2.30. The maximum atomic E-state index is 9.81. The van der Waals surface area contributed by atoms with E-state index in [9.17, 15) is 5.11 Å². The SMILES string of the molecule is CCOCCCN(C)Cc1ccc2c(c1)[C@@H](N)[C@H](O)C2. The molecule has 1 aromatic carbocycles. The Labute approximate surface area is 121 Å². The zero-order valence-corrected chi connectivity index (χ0v) is 12.5. The molecule has 2 rings (SSSR count). The van der Waals surface area contributed by atoms with E-state index in [1.807, 2.05) is 6.92 Å². The highest BCUT2D eigenvalue weighted by atomic mass is 16.5. The Kier molecular flexibility index (Phi) is 5.54. The van der Waals surface area contributed by atoms with Gasteiger partial charge in [-0.25, -0.2) is 0 Å². The number of fused-ring (bicyclic) bond motifs is 1. The molecule has 112 valence electrons. The second-order valence-electron chi connectivity index (χ2n) is 5.62. The molecule has 20 heavy (non-hydrogen) atoms. The summed E-state index contributed by atoms with van der Waals surface area (Å²) in [5.74, 6) is 0. The van der Waals surface area contributed by atoms with Crippen LogP contribution < -0.4 is 5.73 Å². The summed E-state index contributed by atoms with van der Waals surface area (Å²) in [7, 11) is 2.12. The zero-order valence-electron chi connectivity index (χ0n) is 12.5. The predicted molar refractivity (Wildman–Crippen MR) is 80.5 cm³/mol. The Bertz CT molecular complexity index is 436. The molecule has 2 atom stereocenters. The first-order valence-corrected chi connectivity index (χ1v) is 7.43. The Morgan fingerprint density at radius 1 is 1.45 bits per heavy atom. The van der Waals surface area contributed by atoms with Crippen LogP contribution in [-0.2, 0) is 17.7 Å². The number of rotatable bonds is 7. The number of ether oxygens (including phenoxy) is 1. The molecule has 3 N–H and O–H groups in total. The van der Waals surface area contributed by atoms with Gasteiger partial charge in [-0.1, -0.05) is 18.2 Å². The van der Waals surface area contributed by atoms with Crippen LogP contribution in [0.5, 0.6) is 0 Å². The van der Waals surface area contributed by atoms with Crippen molar-refractivity contribution < 1.29 is 9.84 Å². The van der Waals surface area contributed by atoms with E-state index in [1.54, 1.807) is 0 Å². The van der Waals surface area contributed by atoms with E-state index in [-0.39, 0.29) is 6.04 Å². The lowest BCUT2D eigenvalue weighted by atomic mass is 10.0. The Morgan fingerprint density at radius 3 is 3.00 bits per heavy atom. The van der Waals surface area contributed by atoms with Gasteiger partial charge in [-0.15, -0.1) is 0 Å². The van der Waals surface area contributed by atoms with Gasteiger partial charge in [0.1, 0.15) is 0 Å². The fourth-order valence-electron chi connectivity index (χ4n) is 2.77. The molecule has 1 aliphatic rings. The van der Waals surface area contributed by atoms with Crippen molar-refractivity contribution in [2.45, 2.75) is 38.5 Å². The van der Waals surface area contributed by atoms with Crippen molar-refractivity contribution in [2.75, 3.05) is 26.8 Å². The molecular weight excluding hydrogens is 252 g/mol. The Morgan fingerprint density at radius 2 is 2.25 bits per heavy atom. The topological polar surface area (TPSA) is 58.7 Å². The summed E-state index contributed by atoms with van der Waals surface area (Å²) in [4.78, 5) is 2.29. The second kappa shape index (κ2) is 7.18. The van der Waals surface area contributed by atoms with Crippen LogP contribution in [0.15, 0.2) is 18.2 Å². The summed E-state index contributed by atoms with van der Waals surface area (Å²) in [6.45, 7) is 5.55. The minimum absolute atomic E-state index is 0.229. The molecule has 0 heterocycles. The summed E-state index contributed by atoms with van der Waals surface area (Å²) in [6.07, 6.45) is 1.30. The number of hydrogen-bond donors (Lipinski definition) is 2. The van der Waals surface area contributed by atoms with Crippen LogP contribution in [0, 0.1) is 0 Å². The van der Waals surface area contributed by atoms with Gasteiger partial charge in [0, 0.05) is 32.7 Å². The summed E-state index contributed by atoms with van der Waals surface area (Å²) < 4.78 is 5.35. The monoisotopic (exact) mass is 278 g/mol. The van der Waals surface area contributed by atoms with Crippen LogP contribution in [-0.4, -0.2) is 42.9 Å². The largest absolute Gasteiger partial charge is 0.391 e. The van der Waals surface area contributed by atoms with Gasteiger partial charge in [0.25, 0.3) is 0 Å². The lowest BCUT2D eigenvalue weighted by molar-refractivity contribution is 0.135. The minimum Gasteiger partial charge on any atom is -0.391 e.